The second-order valence-electron chi connectivity index (χ2n) is 6.78. The van der Waals surface area contributed by atoms with Gasteiger partial charge in [0, 0.05) is 43.2 Å². The Morgan fingerprint density at radius 3 is 2.12 bits per heavy atom. The maximum atomic E-state index is 11.9. The van der Waals surface area contributed by atoms with Gasteiger partial charge in [0.1, 0.15) is 0 Å². The number of nitrogens with one attached hydrogen (secondary N) is 1. The fourth-order valence-electron chi connectivity index (χ4n) is 3.29. The third-order valence-corrected chi connectivity index (χ3v) is 6.12. The van der Waals surface area contributed by atoms with Crippen LogP contribution in [0.1, 0.15) is 18.9 Å². The zero-order chi connectivity index (χ0) is 18.6. The van der Waals surface area contributed by atoms with Crippen LogP contribution >= 0.6 is 0 Å². The molecule has 0 unspecified atom stereocenters. The molecule has 0 amide bonds. The summed E-state index contributed by atoms with van der Waals surface area (Å²) in [5.74, 6) is 0.148. The SMILES string of the molecule is CCCS(=O)(=O)Nc1ccc(N2CCN(c3cccc(C)c3)CC2)cc1. The molecule has 0 radical (unpaired) electrons. The van der Waals surface area contributed by atoms with E-state index in [1.807, 2.05) is 31.2 Å². The standard InChI is InChI=1S/C20H27N3O2S/c1-3-15-26(24,25)21-18-7-9-19(10-8-18)22-11-13-23(14-12-22)20-6-4-5-17(2)16-20/h4-10,16,21H,3,11-15H2,1-2H3. The van der Waals surface area contributed by atoms with Crippen LogP contribution < -0.4 is 14.5 Å². The normalized spacial score (nSPS) is 15.2. The number of sulfonamides is 1. The van der Waals surface area contributed by atoms with Gasteiger partial charge in [0.05, 0.1) is 5.75 Å². The topological polar surface area (TPSA) is 52.7 Å². The Morgan fingerprint density at radius 1 is 0.923 bits per heavy atom. The molecular weight excluding hydrogens is 346 g/mol. The molecule has 0 saturated carbocycles. The maximum Gasteiger partial charge on any atom is 0.232 e. The first-order chi connectivity index (χ1) is 12.5. The summed E-state index contributed by atoms with van der Waals surface area (Å²) in [7, 11) is -3.23. The molecule has 5 nitrogen and oxygen atoms in total. The van der Waals surface area contributed by atoms with Crippen LogP contribution in [0.2, 0.25) is 0 Å². The molecule has 6 heteroatoms. The van der Waals surface area contributed by atoms with Crippen molar-refractivity contribution in [2.75, 3.05) is 46.5 Å². The minimum absolute atomic E-state index is 0.148. The minimum Gasteiger partial charge on any atom is -0.368 e. The first-order valence-electron chi connectivity index (χ1n) is 9.14. The summed E-state index contributed by atoms with van der Waals surface area (Å²) < 4.78 is 26.3. The van der Waals surface area contributed by atoms with E-state index in [9.17, 15) is 8.42 Å². The van der Waals surface area contributed by atoms with E-state index in [0.29, 0.717) is 12.1 Å². The van der Waals surface area contributed by atoms with E-state index in [-0.39, 0.29) is 5.75 Å². The Morgan fingerprint density at radius 2 is 1.54 bits per heavy atom. The first kappa shape index (κ1) is 18.6. The Hall–Kier alpha value is -2.21. The second kappa shape index (κ2) is 7.99. The smallest absolute Gasteiger partial charge is 0.232 e. The van der Waals surface area contributed by atoms with Gasteiger partial charge in [0.15, 0.2) is 0 Å². The minimum atomic E-state index is -3.23. The summed E-state index contributed by atoms with van der Waals surface area (Å²) in [6.07, 6.45) is 0.610. The zero-order valence-electron chi connectivity index (χ0n) is 15.5. The van der Waals surface area contributed by atoms with Crippen molar-refractivity contribution >= 4 is 27.1 Å². The van der Waals surface area contributed by atoms with E-state index < -0.39 is 10.0 Å². The molecule has 1 aliphatic heterocycles. The fourth-order valence-corrected chi connectivity index (χ4v) is 4.42. The van der Waals surface area contributed by atoms with Gasteiger partial charge in [-0.25, -0.2) is 8.42 Å². The van der Waals surface area contributed by atoms with Crippen LogP contribution in [0.5, 0.6) is 0 Å². The van der Waals surface area contributed by atoms with Crippen LogP contribution in [0.3, 0.4) is 0 Å². The van der Waals surface area contributed by atoms with Crippen molar-refractivity contribution in [3.63, 3.8) is 0 Å². The maximum absolute atomic E-state index is 11.9. The van der Waals surface area contributed by atoms with Gasteiger partial charge >= 0.3 is 0 Å². The molecule has 1 saturated heterocycles. The van der Waals surface area contributed by atoms with Gasteiger partial charge in [-0.05, 0) is 55.3 Å². The summed E-state index contributed by atoms with van der Waals surface area (Å²) in [6.45, 7) is 7.85. The van der Waals surface area contributed by atoms with Gasteiger partial charge in [-0.1, -0.05) is 19.1 Å². The molecule has 1 N–H and O–H groups in total. The third kappa shape index (κ3) is 4.69. The van der Waals surface area contributed by atoms with Gasteiger partial charge in [-0.15, -0.1) is 0 Å². The predicted molar refractivity (Wildman–Crippen MR) is 110 cm³/mol. The van der Waals surface area contributed by atoms with Gasteiger partial charge < -0.3 is 9.80 Å². The highest BCUT2D eigenvalue weighted by Gasteiger charge is 2.18. The average Bonchev–Trinajstić information content (AvgIpc) is 2.62. The molecule has 2 aromatic carbocycles. The molecular formula is C20H27N3O2S. The molecule has 0 aromatic heterocycles. The summed E-state index contributed by atoms with van der Waals surface area (Å²) in [5, 5.41) is 0. The Labute approximate surface area is 156 Å². The fraction of sp³-hybridized carbons (Fsp3) is 0.400. The lowest BCUT2D eigenvalue weighted by molar-refractivity contribution is 0.600. The van der Waals surface area contributed by atoms with Crippen molar-refractivity contribution in [2.45, 2.75) is 20.3 Å². The highest BCUT2D eigenvalue weighted by molar-refractivity contribution is 7.92. The Balaban J connectivity index is 1.59. The Kier molecular flexibility index (Phi) is 5.71. The highest BCUT2D eigenvalue weighted by Crippen LogP contribution is 2.23. The number of hydrogen-bond acceptors (Lipinski definition) is 4. The van der Waals surface area contributed by atoms with Crippen LogP contribution in [-0.2, 0) is 10.0 Å². The summed E-state index contributed by atoms with van der Waals surface area (Å²) >= 11 is 0. The second-order valence-corrected chi connectivity index (χ2v) is 8.62. The molecule has 0 spiro atoms. The van der Waals surface area contributed by atoms with Crippen molar-refractivity contribution in [3.8, 4) is 0 Å². The lowest BCUT2D eigenvalue weighted by atomic mass is 10.2. The van der Waals surface area contributed by atoms with Crippen molar-refractivity contribution in [1.82, 2.24) is 0 Å². The molecule has 0 atom stereocenters. The van der Waals surface area contributed by atoms with Crippen molar-refractivity contribution < 1.29 is 8.42 Å². The van der Waals surface area contributed by atoms with Crippen LogP contribution in [0.15, 0.2) is 48.5 Å². The summed E-state index contributed by atoms with van der Waals surface area (Å²) in [4.78, 5) is 4.76. The average molecular weight is 374 g/mol. The largest absolute Gasteiger partial charge is 0.368 e. The van der Waals surface area contributed by atoms with E-state index in [4.69, 9.17) is 0 Å². The molecule has 0 aliphatic carbocycles. The van der Waals surface area contributed by atoms with Gasteiger partial charge in [0.25, 0.3) is 0 Å². The molecule has 1 fully saturated rings. The molecule has 2 aromatic rings. The van der Waals surface area contributed by atoms with Crippen molar-refractivity contribution in [2.24, 2.45) is 0 Å². The third-order valence-electron chi connectivity index (χ3n) is 4.63. The first-order valence-corrected chi connectivity index (χ1v) is 10.8. The van der Waals surface area contributed by atoms with Gasteiger partial charge in [0.2, 0.25) is 10.0 Å². The lowest BCUT2D eigenvalue weighted by Crippen LogP contribution is -2.46. The molecule has 140 valence electrons. The molecule has 1 heterocycles. The van der Waals surface area contributed by atoms with Crippen LogP contribution in [0.25, 0.3) is 0 Å². The van der Waals surface area contributed by atoms with Gasteiger partial charge in [-0.2, -0.15) is 0 Å². The van der Waals surface area contributed by atoms with Crippen molar-refractivity contribution in [3.05, 3.63) is 54.1 Å². The van der Waals surface area contributed by atoms with Crippen LogP contribution in [0.4, 0.5) is 17.1 Å². The summed E-state index contributed by atoms with van der Waals surface area (Å²) in [6, 6.07) is 16.3. The number of piperazine rings is 1. The quantitative estimate of drug-likeness (QED) is 0.842. The number of benzene rings is 2. The van der Waals surface area contributed by atoms with E-state index in [1.54, 1.807) is 0 Å². The van der Waals surface area contributed by atoms with E-state index in [1.165, 1.54) is 11.3 Å². The number of aryl methyl sites for hydroxylation is 1. The molecule has 26 heavy (non-hydrogen) atoms. The zero-order valence-corrected chi connectivity index (χ0v) is 16.3. The molecule has 1 aliphatic rings. The number of nitrogens with zero attached hydrogens (tertiary/aromatic N) is 2. The number of rotatable bonds is 6. The summed E-state index contributed by atoms with van der Waals surface area (Å²) in [5.41, 5.74) is 4.32. The number of anilines is 3. The predicted octanol–water partition coefficient (Wildman–Crippen LogP) is 3.47. The van der Waals surface area contributed by atoms with Crippen LogP contribution in [0, 0.1) is 6.92 Å². The van der Waals surface area contributed by atoms with E-state index >= 15 is 0 Å². The Bertz CT molecular complexity index is 826. The molecule has 0 bridgehead atoms. The molecule has 3 rings (SSSR count). The lowest BCUT2D eigenvalue weighted by Gasteiger charge is -2.37. The van der Waals surface area contributed by atoms with Gasteiger partial charge in [-0.3, -0.25) is 4.72 Å². The number of hydrogen-bond donors (Lipinski definition) is 1. The van der Waals surface area contributed by atoms with Crippen LogP contribution in [-0.4, -0.2) is 40.3 Å². The monoisotopic (exact) mass is 373 g/mol. The van der Waals surface area contributed by atoms with E-state index in [2.05, 4.69) is 45.7 Å². The highest BCUT2D eigenvalue weighted by atomic mass is 32.2. The van der Waals surface area contributed by atoms with E-state index in [0.717, 1.165) is 31.9 Å². The van der Waals surface area contributed by atoms with Crippen molar-refractivity contribution in [1.29, 1.82) is 0 Å².